The van der Waals surface area contributed by atoms with Crippen molar-refractivity contribution in [3.63, 3.8) is 0 Å². The number of aromatic amines is 1. The monoisotopic (exact) mass is 326 g/mol. The highest BCUT2D eigenvalue weighted by Gasteiger charge is 2.37. The van der Waals surface area contributed by atoms with Gasteiger partial charge in [0.15, 0.2) is 0 Å². The maximum absolute atomic E-state index is 13.1. The van der Waals surface area contributed by atoms with Gasteiger partial charge in [0.2, 0.25) is 0 Å². The zero-order valence-electron chi connectivity index (χ0n) is 12.3. The fourth-order valence-corrected chi connectivity index (χ4v) is 2.96. The molecule has 0 radical (unpaired) electrons. The number of rotatable bonds is 3. The molecule has 1 saturated heterocycles. The Hall–Kier alpha value is -2.09. The Morgan fingerprint density at radius 2 is 1.96 bits per heavy atom. The van der Waals surface area contributed by atoms with Gasteiger partial charge in [0, 0.05) is 31.7 Å². The number of nitrogens with zero attached hydrogens (tertiary/aromatic N) is 3. The first-order valence-corrected chi connectivity index (χ1v) is 7.41. The zero-order valence-corrected chi connectivity index (χ0v) is 12.3. The van der Waals surface area contributed by atoms with E-state index >= 15 is 0 Å². The van der Waals surface area contributed by atoms with Crippen LogP contribution in [0.5, 0.6) is 0 Å². The number of hydrogen-bond donors (Lipinski definition) is 2. The number of alkyl halides is 3. The van der Waals surface area contributed by atoms with E-state index in [0.717, 1.165) is 6.07 Å². The second-order valence-electron chi connectivity index (χ2n) is 5.62. The lowest BCUT2D eigenvalue weighted by Crippen LogP contribution is -2.37. The van der Waals surface area contributed by atoms with Gasteiger partial charge in [-0.25, -0.2) is 9.97 Å². The smallest absolute Gasteiger partial charge is 0.385 e. The number of pyridine rings is 1. The Kier molecular flexibility index (Phi) is 4.25. The second kappa shape index (κ2) is 6.19. The third kappa shape index (κ3) is 3.31. The highest BCUT2D eigenvalue weighted by molar-refractivity contribution is 5.48. The molecule has 1 fully saturated rings. The molecule has 1 atom stereocenters. The van der Waals surface area contributed by atoms with Crippen molar-refractivity contribution >= 4 is 5.82 Å². The molecule has 2 N–H and O–H groups in total. The molecule has 0 amide bonds. The van der Waals surface area contributed by atoms with Crippen LogP contribution in [0, 0.1) is 5.92 Å². The average molecular weight is 326 g/mol. The minimum Gasteiger partial charge on any atom is -0.385 e. The van der Waals surface area contributed by atoms with Gasteiger partial charge in [0.1, 0.15) is 17.7 Å². The van der Waals surface area contributed by atoms with Crippen molar-refractivity contribution in [2.75, 3.05) is 18.0 Å². The summed E-state index contributed by atoms with van der Waals surface area (Å²) in [5.74, 6) is 0.429. The van der Waals surface area contributed by atoms with Crippen LogP contribution in [-0.4, -0.2) is 33.1 Å². The number of aromatic nitrogens is 3. The summed E-state index contributed by atoms with van der Waals surface area (Å²) >= 11 is 0. The van der Waals surface area contributed by atoms with Crippen molar-refractivity contribution in [1.29, 1.82) is 0 Å². The Morgan fingerprint density at radius 1 is 1.22 bits per heavy atom. The molecule has 1 aliphatic heterocycles. The lowest BCUT2D eigenvalue weighted by atomic mass is 9.90. The predicted octanol–water partition coefficient (Wildman–Crippen LogP) is 2.77. The third-order valence-corrected chi connectivity index (χ3v) is 4.18. The van der Waals surface area contributed by atoms with Crippen LogP contribution in [0.2, 0.25) is 0 Å². The standard InChI is InChI=1S/C15H17F3N4O/c16-15(17,18)11-2-1-5-21-14(11)22-8-3-10(4-9-22)12(23)13-19-6-7-20-13/h1-2,5-7,10,12,23H,3-4,8-9H2,(H,19,20). The van der Waals surface area contributed by atoms with E-state index in [1.54, 1.807) is 17.3 Å². The summed E-state index contributed by atoms with van der Waals surface area (Å²) in [6.07, 6.45) is 0.584. The number of aliphatic hydroxyl groups is 1. The molecule has 8 heteroatoms. The minimum absolute atomic E-state index is 0.0320. The number of piperidine rings is 1. The Labute approximate surface area is 131 Å². The topological polar surface area (TPSA) is 65.0 Å². The number of nitrogens with one attached hydrogen (secondary N) is 1. The van der Waals surface area contributed by atoms with Crippen LogP contribution in [-0.2, 0) is 6.18 Å². The summed E-state index contributed by atoms with van der Waals surface area (Å²) < 4.78 is 39.2. The van der Waals surface area contributed by atoms with Gasteiger partial charge in [-0.3, -0.25) is 0 Å². The molecule has 0 saturated carbocycles. The molecule has 0 aliphatic carbocycles. The second-order valence-corrected chi connectivity index (χ2v) is 5.62. The number of aliphatic hydroxyl groups excluding tert-OH is 1. The van der Waals surface area contributed by atoms with Crippen molar-refractivity contribution < 1.29 is 18.3 Å². The molecule has 124 valence electrons. The highest BCUT2D eigenvalue weighted by Crippen LogP contribution is 2.37. The normalized spacial score (nSPS) is 18.2. The zero-order chi connectivity index (χ0) is 16.4. The summed E-state index contributed by atoms with van der Waals surface area (Å²) in [5, 5.41) is 10.3. The molecule has 0 aromatic carbocycles. The fraction of sp³-hybridized carbons (Fsp3) is 0.467. The summed E-state index contributed by atoms with van der Waals surface area (Å²) in [4.78, 5) is 12.5. The van der Waals surface area contributed by atoms with Gasteiger partial charge in [-0.15, -0.1) is 0 Å². The Balaban J connectivity index is 1.70. The van der Waals surface area contributed by atoms with Crippen LogP contribution in [0.1, 0.15) is 30.3 Å². The molecule has 2 aromatic rings. The number of halogens is 3. The number of hydrogen-bond acceptors (Lipinski definition) is 4. The first-order valence-electron chi connectivity index (χ1n) is 7.41. The van der Waals surface area contributed by atoms with Crippen molar-refractivity contribution in [2.45, 2.75) is 25.1 Å². The maximum atomic E-state index is 13.1. The van der Waals surface area contributed by atoms with Gasteiger partial charge >= 0.3 is 6.18 Å². The summed E-state index contributed by atoms with van der Waals surface area (Å²) in [5.41, 5.74) is -0.718. The number of anilines is 1. The average Bonchev–Trinajstić information content (AvgIpc) is 3.08. The first-order chi connectivity index (χ1) is 11.0. The van der Waals surface area contributed by atoms with Gasteiger partial charge in [-0.2, -0.15) is 13.2 Å². The maximum Gasteiger partial charge on any atom is 0.419 e. The van der Waals surface area contributed by atoms with E-state index in [1.165, 1.54) is 12.3 Å². The van der Waals surface area contributed by atoms with Crippen LogP contribution >= 0.6 is 0 Å². The van der Waals surface area contributed by atoms with Crippen LogP contribution in [0.15, 0.2) is 30.7 Å². The van der Waals surface area contributed by atoms with Crippen LogP contribution < -0.4 is 4.90 Å². The van der Waals surface area contributed by atoms with Crippen LogP contribution in [0.25, 0.3) is 0 Å². The van der Waals surface area contributed by atoms with E-state index in [1.807, 2.05) is 0 Å². The molecular formula is C15H17F3N4O. The molecule has 1 aliphatic rings. The Bertz CT molecular complexity index is 636. The summed E-state index contributed by atoms with van der Waals surface area (Å²) in [7, 11) is 0. The van der Waals surface area contributed by atoms with E-state index in [4.69, 9.17) is 0 Å². The van der Waals surface area contributed by atoms with Crippen molar-refractivity contribution in [1.82, 2.24) is 15.0 Å². The van der Waals surface area contributed by atoms with E-state index < -0.39 is 17.8 Å². The van der Waals surface area contributed by atoms with E-state index in [2.05, 4.69) is 15.0 Å². The van der Waals surface area contributed by atoms with Crippen molar-refractivity contribution in [2.24, 2.45) is 5.92 Å². The lowest BCUT2D eigenvalue weighted by molar-refractivity contribution is -0.137. The van der Waals surface area contributed by atoms with Crippen LogP contribution in [0.3, 0.4) is 0 Å². The highest BCUT2D eigenvalue weighted by atomic mass is 19.4. The molecule has 1 unspecified atom stereocenters. The quantitative estimate of drug-likeness (QED) is 0.910. The molecule has 0 bridgehead atoms. The van der Waals surface area contributed by atoms with Gasteiger partial charge in [-0.1, -0.05) is 0 Å². The van der Waals surface area contributed by atoms with Crippen molar-refractivity contribution in [3.8, 4) is 0 Å². The molecule has 23 heavy (non-hydrogen) atoms. The summed E-state index contributed by atoms with van der Waals surface area (Å²) in [6, 6.07) is 2.34. The molecule has 5 nitrogen and oxygen atoms in total. The largest absolute Gasteiger partial charge is 0.419 e. The SMILES string of the molecule is OC(c1ncc[nH]1)C1CCN(c2ncccc2C(F)(F)F)CC1. The summed E-state index contributed by atoms with van der Waals surface area (Å²) in [6.45, 7) is 0.838. The van der Waals surface area contributed by atoms with Gasteiger partial charge < -0.3 is 15.0 Å². The third-order valence-electron chi connectivity index (χ3n) is 4.18. The van der Waals surface area contributed by atoms with E-state index in [9.17, 15) is 18.3 Å². The molecule has 0 spiro atoms. The predicted molar refractivity (Wildman–Crippen MR) is 77.7 cm³/mol. The molecule has 2 aromatic heterocycles. The van der Waals surface area contributed by atoms with Crippen molar-refractivity contribution in [3.05, 3.63) is 42.1 Å². The molecule has 3 rings (SSSR count). The van der Waals surface area contributed by atoms with E-state index in [-0.39, 0.29) is 11.7 Å². The Morgan fingerprint density at radius 3 is 2.57 bits per heavy atom. The van der Waals surface area contributed by atoms with Gasteiger partial charge in [0.05, 0.1) is 5.56 Å². The molecular weight excluding hydrogens is 309 g/mol. The van der Waals surface area contributed by atoms with Gasteiger partial charge in [-0.05, 0) is 30.9 Å². The van der Waals surface area contributed by atoms with E-state index in [0.29, 0.717) is 31.8 Å². The molecule has 3 heterocycles. The minimum atomic E-state index is -4.42. The van der Waals surface area contributed by atoms with Gasteiger partial charge in [0.25, 0.3) is 0 Å². The number of H-pyrrole nitrogens is 1. The first kappa shape index (κ1) is 15.8. The fourth-order valence-electron chi connectivity index (χ4n) is 2.96. The lowest BCUT2D eigenvalue weighted by Gasteiger charge is -2.35. The van der Waals surface area contributed by atoms with Crippen LogP contribution in [0.4, 0.5) is 19.0 Å². The number of imidazole rings is 1.